The third kappa shape index (κ3) is 5.08. The number of hydrogen-bond donors (Lipinski definition) is 2. The van der Waals surface area contributed by atoms with E-state index in [-0.39, 0.29) is 23.9 Å². The summed E-state index contributed by atoms with van der Waals surface area (Å²) in [4.78, 5) is 25.1. The van der Waals surface area contributed by atoms with Crippen molar-refractivity contribution in [1.82, 2.24) is 5.32 Å². The van der Waals surface area contributed by atoms with E-state index in [0.717, 1.165) is 5.69 Å². The first-order valence-electron chi connectivity index (χ1n) is 8.35. The summed E-state index contributed by atoms with van der Waals surface area (Å²) < 4.78 is 0. The van der Waals surface area contributed by atoms with Crippen molar-refractivity contribution in [1.29, 1.82) is 0 Å². The maximum absolute atomic E-state index is 12.2. The minimum absolute atomic E-state index is 0.00878. The zero-order chi connectivity index (χ0) is 18.4. The summed E-state index contributed by atoms with van der Waals surface area (Å²) in [5.74, 6) is 0.167. The van der Waals surface area contributed by atoms with Gasteiger partial charge in [-0.3, -0.25) is 4.79 Å². The second-order valence-electron chi connectivity index (χ2n) is 6.21. The van der Waals surface area contributed by atoms with E-state index in [4.69, 9.17) is 0 Å². The number of benzene rings is 2. The maximum Gasteiger partial charge on any atom is 0.319 e. The lowest BCUT2D eigenvalue weighted by Gasteiger charge is -2.22. The zero-order valence-electron chi connectivity index (χ0n) is 15.1. The molecule has 5 heteroatoms. The molecule has 25 heavy (non-hydrogen) atoms. The molecule has 0 spiro atoms. The Morgan fingerprint density at radius 3 is 2.12 bits per heavy atom. The van der Waals surface area contributed by atoms with Crippen LogP contribution in [-0.4, -0.2) is 25.0 Å². The van der Waals surface area contributed by atoms with Gasteiger partial charge in [0.15, 0.2) is 0 Å². The molecule has 0 unspecified atom stereocenters. The van der Waals surface area contributed by atoms with Gasteiger partial charge < -0.3 is 15.5 Å². The Kier molecular flexibility index (Phi) is 6.17. The Bertz CT molecular complexity index is 713. The summed E-state index contributed by atoms with van der Waals surface area (Å²) in [6, 6.07) is 17.0. The molecule has 0 aliphatic heterocycles. The van der Waals surface area contributed by atoms with Gasteiger partial charge in [0, 0.05) is 37.3 Å². The molecule has 0 aromatic heterocycles. The highest BCUT2D eigenvalue weighted by Gasteiger charge is 2.16. The summed E-state index contributed by atoms with van der Waals surface area (Å²) in [5, 5.41) is 5.79. The molecule has 2 aromatic carbocycles. The highest BCUT2D eigenvalue weighted by atomic mass is 16.2. The molecule has 0 fully saturated rings. The molecule has 2 aromatic rings. The van der Waals surface area contributed by atoms with Crippen molar-refractivity contribution in [3.8, 4) is 0 Å². The molecule has 3 amide bonds. The molecular formula is C20H25N3O2. The van der Waals surface area contributed by atoms with Crippen LogP contribution in [0.25, 0.3) is 0 Å². The van der Waals surface area contributed by atoms with Crippen molar-refractivity contribution in [2.75, 3.05) is 17.3 Å². The van der Waals surface area contributed by atoms with E-state index in [2.05, 4.69) is 29.7 Å². The van der Waals surface area contributed by atoms with E-state index >= 15 is 0 Å². The van der Waals surface area contributed by atoms with Crippen LogP contribution in [0.4, 0.5) is 16.2 Å². The molecule has 0 heterocycles. The Hall–Kier alpha value is -2.82. The van der Waals surface area contributed by atoms with Crippen LogP contribution in [0.1, 0.15) is 32.3 Å². The first-order chi connectivity index (χ1) is 11.9. The first kappa shape index (κ1) is 18.5. The number of urea groups is 1. The number of amides is 3. The standard InChI is InChI=1S/C20H25N3O2/c1-14(17-8-6-5-7-9-17)15(2)21-20(25)22-18-10-12-19(13-11-18)23(4)16(3)24/h5-15H,1-4H3,(H2,21,22,25)/t14-,15+/m0/s1. The predicted molar refractivity (Wildman–Crippen MR) is 102 cm³/mol. The molecule has 0 bridgehead atoms. The number of hydrogen-bond acceptors (Lipinski definition) is 2. The van der Waals surface area contributed by atoms with Crippen LogP contribution in [0.2, 0.25) is 0 Å². The van der Waals surface area contributed by atoms with Crippen LogP contribution >= 0.6 is 0 Å². The monoisotopic (exact) mass is 339 g/mol. The largest absolute Gasteiger partial charge is 0.335 e. The number of anilines is 2. The van der Waals surface area contributed by atoms with Crippen LogP contribution in [0.5, 0.6) is 0 Å². The fourth-order valence-corrected chi connectivity index (χ4v) is 2.49. The van der Waals surface area contributed by atoms with Crippen LogP contribution in [0, 0.1) is 0 Å². The summed E-state index contributed by atoms with van der Waals surface area (Å²) in [7, 11) is 1.71. The highest BCUT2D eigenvalue weighted by molar-refractivity contribution is 5.92. The zero-order valence-corrected chi connectivity index (χ0v) is 15.1. The third-order valence-corrected chi connectivity index (χ3v) is 4.42. The van der Waals surface area contributed by atoms with Crippen molar-refractivity contribution in [2.24, 2.45) is 0 Å². The maximum atomic E-state index is 12.2. The summed E-state index contributed by atoms with van der Waals surface area (Å²) in [6.07, 6.45) is 0. The van der Waals surface area contributed by atoms with Gasteiger partial charge in [-0.2, -0.15) is 0 Å². The minimum atomic E-state index is -0.247. The number of carbonyl (C=O) groups excluding carboxylic acids is 2. The molecule has 2 N–H and O–H groups in total. The summed E-state index contributed by atoms with van der Waals surface area (Å²) in [5.41, 5.74) is 2.65. The average Bonchev–Trinajstić information content (AvgIpc) is 2.61. The molecule has 132 valence electrons. The van der Waals surface area contributed by atoms with Gasteiger partial charge in [-0.05, 0) is 36.8 Å². The second-order valence-corrected chi connectivity index (χ2v) is 6.21. The number of rotatable bonds is 5. The van der Waals surface area contributed by atoms with E-state index in [1.54, 1.807) is 36.2 Å². The van der Waals surface area contributed by atoms with Crippen molar-refractivity contribution in [3.63, 3.8) is 0 Å². The van der Waals surface area contributed by atoms with Gasteiger partial charge in [-0.25, -0.2) is 4.79 Å². The molecule has 0 radical (unpaired) electrons. The predicted octanol–water partition coefficient (Wildman–Crippen LogP) is 3.98. The van der Waals surface area contributed by atoms with E-state index in [9.17, 15) is 9.59 Å². The average molecular weight is 339 g/mol. The second kappa shape index (κ2) is 8.33. The van der Waals surface area contributed by atoms with Crippen LogP contribution in [-0.2, 0) is 4.79 Å². The van der Waals surface area contributed by atoms with E-state index in [1.165, 1.54) is 12.5 Å². The van der Waals surface area contributed by atoms with Gasteiger partial charge in [0.25, 0.3) is 0 Å². The van der Waals surface area contributed by atoms with Gasteiger partial charge in [0.2, 0.25) is 5.91 Å². The number of nitrogens with one attached hydrogen (secondary N) is 2. The van der Waals surface area contributed by atoms with Crippen LogP contribution in [0.15, 0.2) is 54.6 Å². The van der Waals surface area contributed by atoms with Crippen molar-refractivity contribution in [3.05, 3.63) is 60.2 Å². The lowest BCUT2D eigenvalue weighted by atomic mass is 9.95. The molecule has 0 aliphatic carbocycles. The van der Waals surface area contributed by atoms with Crippen molar-refractivity contribution < 1.29 is 9.59 Å². The van der Waals surface area contributed by atoms with Gasteiger partial charge in [-0.1, -0.05) is 37.3 Å². The minimum Gasteiger partial charge on any atom is -0.335 e. The topological polar surface area (TPSA) is 61.4 Å². The van der Waals surface area contributed by atoms with Crippen LogP contribution < -0.4 is 15.5 Å². The van der Waals surface area contributed by atoms with E-state index in [1.807, 2.05) is 25.1 Å². The van der Waals surface area contributed by atoms with Gasteiger partial charge in [-0.15, -0.1) is 0 Å². The quantitative estimate of drug-likeness (QED) is 0.865. The number of nitrogens with zero attached hydrogens (tertiary/aromatic N) is 1. The van der Waals surface area contributed by atoms with Crippen LogP contribution in [0.3, 0.4) is 0 Å². The Morgan fingerprint density at radius 1 is 0.960 bits per heavy atom. The first-order valence-corrected chi connectivity index (χ1v) is 8.35. The lowest BCUT2D eigenvalue weighted by molar-refractivity contribution is -0.116. The molecular weight excluding hydrogens is 314 g/mol. The Labute approximate surface area is 149 Å². The smallest absolute Gasteiger partial charge is 0.319 e. The lowest BCUT2D eigenvalue weighted by Crippen LogP contribution is -2.39. The van der Waals surface area contributed by atoms with E-state index in [0.29, 0.717) is 5.69 Å². The normalized spacial score (nSPS) is 12.8. The van der Waals surface area contributed by atoms with Gasteiger partial charge >= 0.3 is 6.03 Å². The fourth-order valence-electron chi connectivity index (χ4n) is 2.49. The third-order valence-electron chi connectivity index (χ3n) is 4.42. The van der Waals surface area contributed by atoms with Gasteiger partial charge in [0.05, 0.1) is 0 Å². The van der Waals surface area contributed by atoms with E-state index < -0.39 is 0 Å². The molecule has 2 rings (SSSR count). The molecule has 0 saturated carbocycles. The Morgan fingerprint density at radius 2 is 1.56 bits per heavy atom. The van der Waals surface area contributed by atoms with Gasteiger partial charge in [0.1, 0.15) is 0 Å². The van der Waals surface area contributed by atoms with Crippen molar-refractivity contribution >= 4 is 23.3 Å². The highest BCUT2D eigenvalue weighted by Crippen LogP contribution is 2.19. The molecule has 5 nitrogen and oxygen atoms in total. The molecule has 0 aliphatic rings. The summed E-state index contributed by atoms with van der Waals surface area (Å²) in [6.45, 7) is 5.59. The SMILES string of the molecule is CC(=O)N(C)c1ccc(NC(=O)N[C@H](C)[C@H](C)c2ccccc2)cc1. The molecule has 2 atom stereocenters. The summed E-state index contributed by atoms with van der Waals surface area (Å²) >= 11 is 0. The Balaban J connectivity index is 1.92. The number of carbonyl (C=O) groups is 2. The van der Waals surface area contributed by atoms with Crippen molar-refractivity contribution in [2.45, 2.75) is 32.7 Å². The fraction of sp³-hybridized carbons (Fsp3) is 0.300. The molecule has 0 saturated heterocycles.